The van der Waals surface area contributed by atoms with Gasteiger partial charge in [0.05, 0.1) is 5.54 Å². The Labute approximate surface area is 117 Å². The van der Waals surface area contributed by atoms with Crippen LogP contribution in [0.4, 0.5) is 0 Å². The zero-order chi connectivity index (χ0) is 14.5. The Morgan fingerprint density at radius 2 is 1.79 bits per heavy atom. The van der Waals surface area contributed by atoms with Crippen molar-refractivity contribution in [3.05, 3.63) is 34.9 Å². The number of carboxylic acid groups (broad SMARTS) is 1. The van der Waals surface area contributed by atoms with Gasteiger partial charge in [0.25, 0.3) is 0 Å². The lowest BCUT2D eigenvalue weighted by Crippen LogP contribution is -2.40. The van der Waals surface area contributed by atoms with E-state index in [1.807, 2.05) is 26.0 Å². The molecule has 0 bridgehead atoms. The van der Waals surface area contributed by atoms with Crippen LogP contribution in [-0.4, -0.2) is 17.0 Å². The van der Waals surface area contributed by atoms with Gasteiger partial charge in [-0.3, -0.25) is 9.59 Å². The van der Waals surface area contributed by atoms with Crippen molar-refractivity contribution in [2.45, 2.75) is 38.6 Å². The SMILES string of the molecule is CC(C)(NC(=O)CCCC(=O)O)c1ccc(Cl)cc1. The summed E-state index contributed by atoms with van der Waals surface area (Å²) in [6.07, 6.45) is 0.565. The molecule has 0 unspecified atom stereocenters. The van der Waals surface area contributed by atoms with Gasteiger partial charge in [0, 0.05) is 17.9 Å². The molecule has 0 aliphatic heterocycles. The van der Waals surface area contributed by atoms with Crippen LogP contribution in [-0.2, 0) is 15.1 Å². The second kappa shape index (κ2) is 6.57. The molecule has 0 heterocycles. The largest absolute Gasteiger partial charge is 0.481 e. The van der Waals surface area contributed by atoms with Crippen molar-refractivity contribution in [3.8, 4) is 0 Å². The fourth-order valence-electron chi connectivity index (χ4n) is 1.75. The minimum absolute atomic E-state index is 0.00872. The van der Waals surface area contributed by atoms with E-state index >= 15 is 0 Å². The molecule has 2 N–H and O–H groups in total. The number of benzene rings is 1. The van der Waals surface area contributed by atoms with Gasteiger partial charge in [0.1, 0.15) is 0 Å². The van der Waals surface area contributed by atoms with Gasteiger partial charge in [-0.1, -0.05) is 23.7 Å². The molecule has 0 spiro atoms. The fourth-order valence-corrected chi connectivity index (χ4v) is 1.88. The fraction of sp³-hybridized carbons (Fsp3) is 0.429. The molecule has 5 heteroatoms. The van der Waals surface area contributed by atoms with E-state index < -0.39 is 11.5 Å². The van der Waals surface area contributed by atoms with E-state index in [0.717, 1.165) is 5.56 Å². The van der Waals surface area contributed by atoms with Crippen LogP contribution in [0.5, 0.6) is 0 Å². The summed E-state index contributed by atoms with van der Waals surface area (Å²) in [5, 5.41) is 12.1. The Kier molecular flexibility index (Phi) is 5.36. The number of hydrogen-bond acceptors (Lipinski definition) is 2. The van der Waals surface area contributed by atoms with Crippen LogP contribution in [0.25, 0.3) is 0 Å². The molecule has 4 nitrogen and oxygen atoms in total. The van der Waals surface area contributed by atoms with Crippen LogP contribution in [0.1, 0.15) is 38.7 Å². The summed E-state index contributed by atoms with van der Waals surface area (Å²) in [4.78, 5) is 22.1. The van der Waals surface area contributed by atoms with Crippen molar-refractivity contribution in [1.29, 1.82) is 0 Å². The third kappa shape index (κ3) is 5.30. The lowest BCUT2D eigenvalue weighted by Gasteiger charge is -2.27. The summed E-state index contributed by atoms with van der Waals surface area (Å²) in [6, 6.07) is 7.27. The lowest BCUT2D eigenvalue weighted by molar-refractivity contribution is -0.137. The highest BCUT2D eigenvalue weighted by Crippen LogP contribution is 2.22. The highest BCUT2D eigenvalue weighted by Gasteiger charge is 2.22. The summed E-state index contributed by atoms with van der Waals surface area (Å²) in [5.74, 6) is -1.04. The van der Waals surface area contributed by atoms with E-state index in [1.54, 1.807) is 12.1 Å². The first-order chi connectivity index (χ1) is 8.81. The molecular formula is C14H18ClNO3. The van der Waals surface area contributed by atoms with Crippen molar-refractivity contribution < 1.29 is 14.7 Å². The molecule has 0 aliphatic carbocycles. The van der Waals surface area contributed by atoms with Crippen LogP contribution >= 0.6 is 11.6 Å². The van der Waals surface area contributed by atoms with Crippen molar-refractivity contribution in [2.75, 3.05) is 0 Å². The Bertz CT molecular complexity index is 454. The Balaban J connectivity index is 2.56. The third-order valence-electron chi connectivity index (χ3n) is 2.81. The highest BCUT2D eigenvalue weighted by atomic mass is 35.5. The van der Waals surface area contributed by atoms with Crippen LogP contribution in [0.15, 0.2) is 24.3 Å². The second-order valence-corrected chi connectivity index (χ2v) is 5.36. The van der Waals surface area contributed by atoms with Crippen molar-refractivity contribution in [3.63, 3.8) is 0 Å². The predicted octanol–water partition coefficient (Wildman–Crippen LogP) is 2.95. The molecular weight excluding hydrogens is 266 g/mol. The average molecular weight is 284 g/mol. The standard InChI is InChI=1S/C14H18ClNO3/c1-14(2,10-6-8-11(15)9-7-10)16-12(17)4-3-5-13(18)19/h6-9H,3-5H2,1-2H3,(H,16,17)(H,18,19). The topological polar surface area (TPSA) is 66.4 Å². The van der Waals surface area contributed by atoms with Crippen molar-refractivity contribution in [2.24, 2.45) is 0 Å². The first-order valence-corrected chi connectivity index (χ1v) is 6.48. The molecule has 0 aromatic heterocycles. The third-order valence-corrected chi connectivity index (χ3v) is 3.06. The van der Waals surface area contributed by atoms with Crippen LogP contribution < -0.4 is 5.32 Å². The van der Waals surface area contributed by atoms with E-state index in [9.17, 15) is 9.59 Å². The van der Waals surface area contributed by atoms with Gasteiger partial charge >= 0.3 is 5.97 Å². The summed E-state index contributed by atoms with van der Waals surface area (Å²) in [5.41, 5.74) is 0.439. The summed E-state index contributed by atoms with van der Waals surface area (Å²) in [6.45, 7) is 3.79. The monoisotopic (exact) mass is 283 g/mol. The number of carbonyl (C=O) groups excluding carboxylic acids is 1. The maximum absolute atomic E-state index is 11.8. The summed E-state index contributed by atoms with van der Waals surface area (Å²) < 4.78 is 0. The number of nitrogens with one attached hydrogen (secondary N) is 1. The van der Waals surface area contributed by atoms with Crippen LogP contribution in [0.3, 0.4) is 0 Å². The molecule has 19 heavy (non-hydrogen) atoms. The normalized spacial score (nSPS) is 11.1. The molecule has 1 aromatic rings. The summed E-state index contributed by atoms with van der Waals surface area (Å²) in [7, 11) is 0. The zero-order valence-corrected chi connectivity index (χ0v) is 11.8. The second-order valence-electron chi connectivity index (χ2n) is 4.93. The number of hydrogen-bond donors (Lipinski definition) is 2. The molecule has 0 atom stereocenters. The van der Waals surface area contributed by atoms with Gasteiger partial charge in [-0.2, -0.15) is 0 Å². The minimum atomic E-state index is -0.884. The number of rotatable bonds is 6. The number of carboxylic acids is 1. The molecule has 1 amide bonds. The lowest BCUT2D eigenvalue weighted by atomic mass is 9.94. The molecule has 0 fully saturated rings. The maximum atomic E-state index is 11.8. The molecule has 0 saturated carbocycles. The van der Waals surface area contributed by atoms with E-state index in [-0.39, 0.29) is 18.7 Å². The van der Waals surface area contributed by atoms with E-state index in [2.05, 4.69) is 5.32 Å². The first-order valence-electron chi connectivity index (χ1n) is 6.10. The zero-order valence-electron chi connectivity index (χ0n) is 11.1. The van der Waals surface area contributed by atoms with Gasteiger partial charge in [-0.25, -0.2) is 0 Å². The number of amides is 1. The predicted molar refractivity (Wildman–Crippen MR) is 74.1 cm³/mol. The maximum Gasteiger partial charge on any atom is 0.303 e. The number of carbonyl (C=O) groups is 2. The van der Waals surface area contributed by atoms with Gasteiger partial charge in [0.15, 0.2) is 0 Å². The highest BCUT2D eigenvalue weighted by molar-refractivity contribution is 6.30. The summed E-state index contributed by atoms with van der Waals surface area (Å²) >= 11 is 5.82. The van der Waals surface area contributed by atoms with Crippen molar-refractivity contribution >= 4 is 23.5 Å². The number of halogens is 1. The molecule has 1 rings (SSSR count). The van der Waals surface area contributed by atoms with Gasteiger partial charge in [0.2, 0.25) is 5.91 Å². The molecule has 0 radical (unpaired) electrons. The van der Waals surface area contributed by atoms with Gasteiger partial charge in [-0.15, -0.1) is 0 Å². The van der Waals surface area contributed by atoms with Gasteiger partial charge in [-0.05, 0) is 38.0 Å². The van der Waals surface area contributed by atoms with Crippen molar-refractivity contribution in [1.82, 2.24) is 5.32 Å². The number of aliphatic carboxylic acids is 1. The van der Waals surface area contributed by atoms with E-state index in [1.165, 1.54) is 0 Å². The van der Waals surface area contributed by atoms with E-state index in [0.29, 0.717) is 11.4 Å². The molecule has 104 valence electrons. The Morgan fingerprint density at radius 3 is 2.32 bits per heavy atom. The smallest absolute Gasteiger partial charge is 0.303 e. The first kappa shape index (κ1) is 15.5. The van der Waals surface area contributed by atoms with E-state index in [4.69, 9.17) is 16.7 Å². The quantitative estimate of drug-likeness (QED) is 0.843. The Hall–Kier alpha value is -1.55. The minimum Gasteiger partial charge on any atom is -0.481 e. The van der Waals surface area contributed by atoms with Crippen LogP contribution in [0.2, 0.25) is 5.02 Å². The van der Waals surface area contributed by atoms with Gasteiger partial charge < -0.3 is 10.4 Å². The Morgan fingerprint density at radius 1 is 1.21 bits per heavy atom. The average Bonchev–Trinajstić information content (AvgIpc) is 2.28. The molecule has 0 aliphatic rings. The molecule has 0 saturated heterocycles. The molecule has 1 aromatic carbocycles. The van der Waals surface area contributed by atoms with Crippen LogP contribution in [0, 0.1) is 0 Å².